The molecule has 3 aromatic rings. The van der Waals surface area contributed by atoms with Crippen LogP contribution in [-0.2, 0) is 19.1 Å². The Morgan fingerprint density at radius 2 is 1.68 bits per heavy atom. The molecule has 0 unspecified atom stereocenters. The summed E-state index contributed by atoms with van der Waals surface area (Å²) in [5.41, 5.74) is 1.89. The lowest BCUT2D eigenvalue weighted by molar-refractivity contribution is -0.144. The predicted octanol–water partition coefficient (Wildman–Crippen LogP) is 4.35. The van der Waals surface area contributed by atoms with Crippen molar-refractivity contribution < 1.29 is 17.6 Å². The van der Waals surface area contributed by atoms with Gasteiger partial charge in [-0.1, -0.05) is 30.3 Å². The van der Waals surface area contributed by atoms with Gasteiger partial charge in [-0.15, -0.1) is 0 Å². The molecule has 1 aliphatic rings. The fraction of sp³-hybridized carbons (Fsp3) is 0.222. The summed E-state index contributed by atoms with van der Waals surface area (Å²) in [4.78, 5) is 8.89. The Bertz CT molecular complexity index is 953. The highest BCUT2D eigenvalue weighted by molar-refractivity contribution is 5.90. The monoisotopic (exact) mass is 347 g/mol. The summed E-state index contributed by atoms with van der Waals surface area (Å²) in [6.45, 7) is 0.938. The van der Waals surface area contributed by atoms with Gasteiger partial charge in [-0.05, 0) is 29.7 Å². The van der Waals surface area contributed by atoms with Gasteiger partial charge in [-0.3, -0.25) is 0 Å². The first-order valence-corrected chi connectivity index (χ1v) is 7.78. The highest BCUT2D eigenvalue weighted by Crippen LogP contribution is 2.34. The maximum Gasteiger partial charge on any atom is 0.451 e. The number of hydrogen-bond donors (Lipinski definition) is 0. The molecule has 0 fully saturated rings. The van der Waals surface area contributed by atoms with Crippen molar-refractivity contribution in [3.8, 4) is 0 Å². The van der Waals surface area contributed by atoms with Crippen LogP contribution >= 0.6 is 0 Å². The van der Waals surface area contributed by atoms with E-state index in [-0.39, 0.29) is 16.7 Å². The van der Waals surface area contributed by atoms with E-state index in [0.29, 0.717) is 19.5 Å². The average Bonchev–Trinajstić information content (AvgIpc) is 2.60. The van der Waals surface area contributed by atoms with E-state index in [1.807, 2.05) is 24.3 Å². The Morgan fingerprint density at radius 3 is 2.44 bits per heavy atom. The zero-order valence-electron chi connectivity index (χ0n) is 13.0. The van der Waals surface area contributed by atoms with E-state index in [9.17, 15) is 17.6 Å². The summed E-state index contributed by atoms with van der Waals surface area (Å²) in [5.74, 6) is -1.99. The van der Waals surface area contributed by atoms with Gasteiger partial charge in [0.1, 0.15) is 17.2 Å². The van der Waals surface area contributed by atoms with Gasteiger partial charge in [0.25, 0.3) is 0 Å². The zero-order chi connectivity index (χ0) is 17.6. The van der Waals surface area contributed by atoms with Crippen molar-refractivity contribution >= 4 is 16.7 Å². The van der Waals surface area contributed by atoms with Crippen molar-refractivity contribution in [2.75, 3.05) is 11.4 Å². The smallest absolute Gasteiger partial charge is 0.351 e. The highest BCUT2D eigenvalue weighted by atomic mass is 19.4. The summed E-state index contributed by atoms with van der Waals surface area (Å²) in [7, 11) is 0. The van der Waals surface area contributed by atoms with E-state index < -0.39 is 17.8 Å². The van der Waals surface area contributed by atoms with Crippen molar-refractivity contribution in [3.05, 3.63) is 65.2 Å². The SMILES string of the molecule is Fc1cccc2c(N3CCc4ccccc4C3)nc(C(F)(F)F)nc12. The van der Waals surface area contributed by atoms with Crippen LogP contribution in [0.15, 0.2) is 42.5 Å². The maximum atomic E-state index is 14.1. The number of fused-ring (bicyclic) bond motifs is 2. The molecule has 1 aliphatic heterocycles. The average molecular weight is 347 g/mol. The number of anilines is 1. The van der Waals surface area contributed by atoms with Crippen LogP contribution in [0.2, 0.25) is 0 Å². The number of alkyl halides is 3. The Kier molecular flexibility index (Phi) is 3.59. The lowest BCUT2D eigenvalue weighted by atomic mass is 9.99. The number of benzene rings is 2. The fourth-order valence-electron chi connectivity index (χ4n) is 3.15. The molecule has 0 aliphatic carbocycles. The maximum absolute atomic E-state index is 14.1. The van der Waals surface area contributed by atoms with Crippen LogP contribution in [0.4, 0.5) is 23.4 Å². The molecule has 25 heavy (non-hydrogen) atoms. The van der Waals surface area contributed by atoms with Crippen LogP contribution in [0.5, 0.6) is 0 Å². The molecule has 2 heterocycles. The summed E-state index contributed by atoms with van der Waals surface area (Å²) >= 11 is 0. The third-order valence-corrected chi connectivity index (χ3v) is 4.34. The van der Waals surface area contributed by atoms with Crippen molar-refractivity contribution in [1.29, 1.82) is 0 Å². The minimum Gasteiger partial charge on any atom is -0.351 e. The van der Waals surface area contributed by atoms with Gasteiger partial charge in [0, 0.05) is 18.5 Å². The van der Waals surface area contributed by atoms with Crippen LogP contribution in [0.25, 0.3) is 10.9 Å². The van der Waals surface area contributed by atoms with E-state index in [0.717, 1.165) is 11.6 Å². The van der Waals surface area contributed by atoms with Gasteiger partial charge in [0.2, 0.25) is 5.82 Å². The Morgan fingerprint density at radius 1 is 0.920 bits per heavy atom. The minimum atomic E-state index is -4.74. The van der Waals surface area contributed by atoms with Gasteiger partial charge in [-0.2, -0.15) is 13.2 Å². The topological polar surface area (TPSA) is 29.0 Å². The molecule has 2 aromatic carbocycles. The molecular formula is C18H13F4N3. The number of rotatable bonds is 1. The Hall–Kier alpha value is -2.70. The van der Waals surface area contributed by atoms with Crippen molar-refractivity contribution in [3.63, 3.8) is 0 Å². The number of nitrogens with zero attached hydrogens (tertiary/aromatic N) is 3. The molecule has 0 amide bonds. The van der Waals surface area contributed by atoms with E-state index in [2.05, 4.69) is 9.97 Å². The summed E-state index contributed by atoms with van der Waals surface area (Å²) < 4.78 is 53.6. The van der Waals surface area contributed by atoms with Crippen molar-refractivity contribution in [2.24, 2.45) is 0 Å². The normalized spacial score (nSPS) is 14.6. The molecule has 0 radical (unpaired) electrons. The largest absolute Gasteiger partial charge is 0.451 e. The first-order valence-electron chi connectivity index (χ1n) is 7.78. The molecule has 128 valence electrons. The summed E-state index contributed by atoms with van der Waals surface area (Å²) in [6.07, 6.45) is -4.04. The van der Waals surface area contributed by atoms with Crippen LogP contribution in [-0.4, -0.2) is 16.5 Å². The lowest BCUT2D eigenvalue weighted by Gasteiger charge is -2.30. The summed E-state index contributed by atoms with van der Waals surface area (Å²) in [5, 5.41) is 0.285. The molecule has 7 heteroatoms. The number of aromatic nitrogens is 2. The molecule has 0 saturated carbocycles. The lowest BCUT2D eigenvalue weighted by Crippen LogP contribution is -2.32. The molecule has 0 N–H and O–H groups in total. The van der Waals surface area contributed by atoms with E-state index in [1.54, 1.807) is 11.0 Å². The molecule has 0 spiro atoms. The van der Waals surface area contributed by atoms with Crippen LogP contribution < -0.4 is 4.90 Å². The fourth-order valence-corrected chi connectivity index (χ4v) is 3.15. The number of para-hydroxylation sites is 1. The number of hydrogen-bond acceptors (Lipinski definition) is 3. The predicted molar refractivity (Wildman–Crippen MR) is 85.7 cm³/mol. The van der Waals surface area contributed by atoms with Gasteiger partial charge >= 0.3 is 6.18 Å². The highest BCUT2D eigenvalue weighted by Gasteiger charge is 2.36. The Labute approximate surface area is 140 Å². The summed E-state index contributed by atoms with van der Waals surface area (Å²) in [6, 6.07) is 11.9. The first kappa shape index (κ1) is 15.8. The molecule has 0 bridgehead atoms. The van der Waals surface area contributed by atoms with Crippen LogP contribution in [0.1, 0.15) is 17.0 Å². The molecule has 4 rings (SSSR count). The van der Waals surface area contributed by atoms with Crippen LogP contribution in [0.3, 0.4) is 0 Å². The second-order valence-corrected chi connectivity index (χ2v) is 5.94. The third kappa shape index (κ3) is 2.79. The van der Waals surface area contributed by atoms with Gasteiger partial charge in [0.15, 0.2) is 0 Å². The Balaban J connectivity index is 1.88. The van der Waals surface area contributed by atoms with E-state index in [4.69, 9.17) is 0 Å². The molecule has 3 nitrogen and oxygen atoms in total. The molecular weight excluding hydrogens is 334 g/mol. The second-order valence-electron chi connectivity index (χ2n) is 5.94. The van der Waals surface area contributed by atoms with Gasteiger partial charge in [0.05, 0.1) is 0 Å². The molecule has 1 aromatic heterocycles. The van der Waals surface area contributed by atoms with Crippen molar-refractivity contribution in [2.45, 2.75) is 19.1 Å². The standard InChI is InChI=1S/C18H13F4N3/c19-14-7-3-6-13-15(14)23-17(18(20,21)22)24-16(13)25-9-8-11-4-1-2-5-12(11)10-25/h1-7H,8-10H2. The van der Waals surface area contributed by atoms with Gasteiger partial charge < -0.3 is 4.90 Å². The van der Waals surface area contributed by atoms with Crippen LogP contribution in [0, 0.1) is 5.82 Å². The van der Waals surface area contributed by atoms with E-state index in [1.165, 1.54) is 11.6 Å². The molecule has 0 saturated heterocycles. The quantitative estimate of drug-likeness (QED) is 0.613. The zero-order valence-corrected chi connectivity index (χ0v) is 13.0. The first-order chi connectivity index (χ1) is 11.9. The molecule has 0 atom stereocenters. The van der Waals surface area contributed by atoms with Crippen molar-refractivity contribution in [1.82, 2.24) is 9.97 Å². The van der Waals surface area contributed by atoms with E-state index >= 15 is 0 Å². The minimum absolute atomic E-state index is 0.117. The number of halogens is 4. The third-order valence-electron chi connectivity index (χ3n) is 4.34. The second kappa shape index (κ2) is 5.68. The van der Waals surface area contributed by atoms with Gasteiger partial charge in [-0.25, -0.2) is 14.4 Å².